The maximum Gasteiger partial charge on any atom is 0.266 e. The third-order valence-electron chi connectivity index (χ3n) is 2.99. The van der Waals surface area contributed by atoms with Crippen LogP contribution in [0, 0.1) is 5.41 Å². The normalized spacial score (nSPS) is 13.6. The SMILES string of the molecule is CC(c1nnc(-c2ccccn2)o1)C(C)(C)C. The summed E-state index contributed by atoms with van der Waals surface area (Å²) < 4.78 is 5.67. The number of nitrogens with zero attached hydrogens (tertiary/aromatic N) is 3. The first-order valence-electron chi connectivity index (χ1n) is 5.73. The zero-order valence-electron chi connectivity index (χ0n) is 10.6. The molecule has 0 N–H and O–H groups in total. The van der Waals surface area contributed by atoms with Crippen LogP contribution < -0.4 is 0 Å². The summed E-state index contributed by atoms with van der Waals surface area (Å²) in [6, 6.07) is 5.62. The topological polar surface area (TPSA) is 51.8 Å². The molecule has 0 saturated heterocycles. The second-order valence-corrected chi connectivity index (χ2v) is 5.25. The van der Waals surface area contributed by atoms with Gasteiger partial charge in [-0.2, -0.15) is 0 Å². The number of rotatable bonds is 2. The molecule has 0 amide bonds. The predicted molar refractivity (Wildman–Crippen MR) is 65.4 cm³/mol. The maximum absolute atomic E-state index is 5.67. The fourth-order valence-corrected chi connectivity index (χ4v) is 1.37. The highest BCUT2D eigenvalue weighted by atomic mass is 16.4. The van der Waals surface area contributed by atoms with Crippen LogP contribution in [0.15, 0.2) is 28.8 Å². The molecule has 0 aliphatic carbocycles. The number of hydrogen-bond donors (Lipinski definition) is 0. The Kier molecular flexibility index (Phi) is 2.96. The van der Waals surface area contributed by atoms with Gasteiger partial charge in [-0.05, 0) is 17.5 Å². The molecule has 90 valence electrons. The Morgan fingerprint density at radius 1 is 1.18 bits per heavy atom. The quantitative estimate of drug-likeness (QED) is 0.795. The maximum atomic E-state index is 5.67. The van der Waals surface area contributed by atoms with Gasteiger partial charge in [0.05, 0.1) is 0 Å². The Morgan fingerprint density at radius 2 is 1.94 bits per heavy atom. The van der Waals surface area contributed by atoms with E-state index in [1.165, 1.54) is 0 Å². The molecular weight excluding hydrogens is 214 g/mol. The summed E-state index contributed by atoms with van der Waals surface area (Å²) in [6.45, 7) is 8.56. The Morgan fingerprint density at radius 3 is 2.53 bits per heavy atom. The Labute approximate surface area is 101 Å². The van der Waals surface area contributed by atoms with Crippen LogP contribution >= 0.6 is 0 Å². The Balaban J connectivity index is 2.28. The molecule has 0 aliphatic heterocycles. The predicted octanol–water partition coefficient (Wildman–Crippen LogP) is 3.28. The van der Waals surface area contributed by atoms with Gasteiger partial charge in [0.15, 0.2) is 0 Å². The first-order chi connectivity index (χ1) is 7.98. The summed E-state index contributed by atoms with van der Waals surface area (Å²) in [4.78, 5) is 4.19. The molecule has 0 spiro atoms. The monoisotopic (exact) mass is 231 g/mol. The van der Waals surface area contributed by atoms with Gasteiger partial charge in [0, 0.05) is 12.1 Å². The zero-order chi connectivity index (χ0) is 12.5. The molecule has 0 aliphatic rings. The standard InChI is InChI=1S/C13H17N3O/c1-9(13(2,3)4)11-15-16-12(17-11)10-7-5-6-8-14-10/h5-9H,1-4H3. The molecule has 2 heterocycles. The smallest absolute Gasteiger partial charge is 0.266 e. The summed E-state index contributed by atoms with van der Waals surface area (Å²) in [7, 11) is 0. The molecule has 2 rings (SSSR count). The van der Waals surface area contributed by atoms with E-state index in [0.29, 0.717) is 17.5 Å². The third kappa shape index (κ3) is 2.52. The average Bonchev–Trinajstić information content (AvgIpc) is 2.77. The van der Waals surface area contributed by atoms with Crippen LogP contribution in [0.2, 0.25) is 0 Å². The van der Waals surface area contributed by atoms with E-state index in [-0.39, 0.29) is 11.3 Å². The van der Waals surface area contributed by atoms with Gasteiger partial charge in [-0.15, -0.1) is 10.2 Å². The van der Waals surface area contributed by atoms with Crippen LogP contribution in [-0.4, -0.2) is 15.2 Å². The minimum absolute atomic E-state index is 0.105. The molecule has 1 unspecified atom stereocenters. The molecule has 1 atom stereocenters. The van der Waals surface area contributed by atoms with Crippen LogP contribution in [-0.2, 0) is 0 Å². The van der Waals surface area contributed by atoms with Crippen molar-refractivity contribution in [3.8, 4) is 11.6 Å². The number of aromatic nitrogens is 3. The lowest BCUT2D eigenvalue weighted by atomic mass is 9.82. The lowest BCUT2D eigenvalue weighted by Crippen LogP contribution is -2.15. The van der Waals surface area contributed by atoms with Gasteiger partial charge >= 0.3 is 0 Å². The average molecular weight is 231 g/mol. The fourth-order valence-electron chi connectivity index (χ4n) is 1.37. The van der Waals surface area contributed by atoms with Gasteiger partial charge in [0.1, 0.15) is 5.69 Å². The van der Waals surface area contributed by atoms with Crippen molar-refractivity contribution < 1.29 is 4.42 Å². The van der Waals surface area contributed by atoms with Crippen LogP contribution in [0.3, 0.4) is 0 Å². The molecule has 0 aromatic carbocycles. The molecule has 0 bridgehead atoms. The van der Waals surface area contributed by atoms with E-state index >= 15 is 0 Å². The van der Waals surface area contributed by atoms with E-state index in [2.05, 4.69) is 42.9 Å². The first-order valence-corrected chi connectivity index (χ1v) is 5.73. The van der Waals surface area contributed by atoms with Crippen molar-refractivity contribution in [2.45, 2.75) is 33.6 Å². The molecule has 0 fully saturated rings. The minimum Gasteiger partial charge on any atom is -0.419 e. The highest BCUT2D eigenvalue weighted by molar-refractivity contribution is 5.44. The summed E-state index contributed by atoms with van der Waals surface area (Å²) in [5, 5.41) is 8.14. The molecule has 2 aromatic heterocycles. The van der Waals surface area contributed by atoms with Crippen LogP contribution in [0.5, 0.6) is 0 Å². The molecule has 4 nitrogen and oxygen atoms in total. The van der Waals surface area contributed by atoms with E-state index in [1.54, 1.807) is 6.20 Å². The Hall–Kier alpha value is -1.71. The largest absolute Gasteiger partial charge is 0.419 e. The van der Waals surface area contributed by atoms with Crippen molar-refractivity contribution in [3.05, 3.63) is 30.3 Å². The summed E-state index contributed by atoms with van der Waals surface area (Å²) >= 11 is 0. The lowest BCUT2D eigenvalue weighted by Gasteiger charge is -2.23. The van der Waals surface area contributed by atoms with Gasteiger partial charge in [0.2, 0.25) is 5.89 Å². The Bertz CT molecular complexity index is 485. The third-order valence-corrected chi connectivity index (χ3v) is 2.99. The first kappa shape index (κ1) is 11.8. The fraction of sp³-hybridized carbons (Fsp3) is 0.462. The van der Waals surface area contributed by atoms with E-state index in [1.807, 2.05) is 18.2 Å². The highest BCUT2D eigenvalue weighted by Gasteiger charge is 2.26. The molecule has 2 aromatic rings. The van der Waals surface area contributed by atoms with Crippen molar-refractivity contribution in [1.29, 1.82) is 0 Å². The van der Waals surface area contributed by atoms with Crippen molar-refractivity contribution in [3.63, 3.8) is 0 Å². The number of pyridine rings is 1. The second-order valence-electron chi connectivity index (χ2n) is 5.25. The summed E-state index contributed by atoms with van der Waals surface area (Å²) in [5.74, 6) is 1.36. The molecular formula is C13H17N3O. The molecule has 0 radical (unpaired) electrons. The van der Waals surface area contributed by atoms with Gasteiger partial charge in [-0.1, -0.05) is 33.8 Å². The lowest BCUT2D eigenvalue weighted by molar-refractivity contribution is 0.290. The highest BCUT2D eigenvalue weighted by Crippen LogP contribution is 2.34. The van der Waals surface area contributed by atoms with Crippen LogP contribution in [0.1, 0.15) is 39.5 Å². The zero-order valence-corrected chi connectivity index (χ0v) is 10.6. The van der Waals surface area contributed by atoms with Crippen LogP contribution in [0.4, 0.5) is 0 Å². The minimum atomic E-state index is 0.105. The van der Waals surface area contributed by atoms with Crippen molar-refractivity contribution in [1.82, 2.24) is 15.2 Å². The van der Waals surface area contributed by atoms with E-state index < -0.39 is 0 Å². The van der Waals surface area contributed by atoms with E-state index in [9.17, 15) is 0 Å². The van der Waals surface area contributed by atoms with E-state index in [4.69, 9.17) is 4.42 Å². The summed E-state index contributed by atoms with van der Waals surface area (Å²) in [6.07, 6.45) is 1.71. The van der Waals surface area contributed by atoms with Gasteiger partial charge < -0.3 is 4.42 Å². The van der Waals surface area contributed by atoms with Gasteiger partial charge in [0.25, 0.3) is 5.89 Å². The molecule has 17 heavy (non-hydrogen) atoms. The second kappa shape index (κ2) is 4.28. The van der Waals surface area contributed by atoms with Crippen molar-refractivity contribution in [2.24, 2.45) is 5.41 Å². The summed E-state index contributed by atoms with van der Waals surface area (Å²) in [5.41, 5.74) is 0.820. The van der Waals surface area contributed by atoms with Crippen LogP contribution in [0.25, 0.3) is 11.6 Å². The van der Waals surface area contributed by atoms with Gasteiger partial charge in [-0.25, -0.2) is 0 Å². The number of hydrogen-bond acceptors (Lipinski definition) is 4. The molecule has 4 heteroatoms. The van der Waals surface area contributed by atoms with Gasteiger partial charge in [-0.3, -0.25) is 4.98 Å². The molecule has 0 saturated carbocycles. The van der Waals surface area contributed by atoms with Crippen molar-refractivity contribution >= 4 is 0 Å². The van der Waals surface area contributed by atoms with Crippen molar-refractivity contribution in [2.75, 3.05) is 0 Å². The van der Waals surface area contributed by atoms with E-state index in [0.717, 1.165) is 0 Å².